The molecule has 0 amide bonds. The summed E-state index contributed by atoms with van der Waals surface area (Å²) in [6.07, 6.45) is 1.66. The number of hydrogen-bond donors (Lipinski definition) is 0. The summed E-state index contributed by atoms with van der Waals surface area (Å²) in [5.41, 5.74) is 9.01. The van der Waals surface area contributed by atoms with Gasteiger partial charge >= 0.3 is 0 Å². The maximum atomic E-state index is 8.20. The number of aromatic nitrogens is 2. The predicted octanol–water partition coefficient (Wildman–Crippen LogP) is 2.11. The van der Waals surface area contributed by atoms with Crippen molar-refractivity contribution in [3.63, 3.8) is 0 Å². The fraction of sp³-hybridized carbons (Fsp3) is 0. The molecule has 0 N–H and O–H groups in total. The maximum Gasteiger partial charge on any atom is 0.169 e. The van der Waals surface area contributed by atoms with Crippen LogP contribution in [0, 0.1) is 0 Å². The first-order chi connectivity index (χ1) is 5.92. The van der Waals surface area contributed by atoms with Gasteiger partial charge in [-0.05, 0) is 12.1 Å². The number of hydrogen-bond acceptors (Lipinski definition) is 2. The van der Waals surface area contributed by atoms with Crippen LogP contribution >= 0.6 is 0 Å². The Labute approximate surface area is 67.8 Å². The van der Waals surface area contributed by atoms with Crippen LogP contribution in [0.4, 0.5) is 0 Å². The highest BCUT2D eigenvalue weighted by Crippen LogP contribution is 2.11. The van der Waals surface area contributed by atoms with Gasteiger partial charge in [0.1, 0.15) is 0 Å². The summed E-state index contributed by atoms with van der Waals surface area (Å²) >= 11 is 0. The fourth-order valence-electron chi connectivity index (χ4n) is 1.07. The van der Waals surface area contributed by atoms with E-state index in [1.54, 1.807) is 6.20 Å². The Hall–Kier alpha value is -2.00. The zero-order valence-corrected chi connectivity index (χ0v) is 6.12. The molecule has 0 bridgehead atoms. The number of azide groups is 1. The van der Waals surface area contributed by atoms with E-state index in [4.69, 9.17) is 5.53 Å². The van der Waals surface area contributed by atoms with Gasteiger partial charge < -0.3 is 0 Å². The third kappa shape index (κ3) is 0.889. The van der Waals surface area contributed by atoms with Crippen molar-refractivity contribution in [2.75, 3.05) is 0 Å². The first-order valence-electron chi connectivity index (χ1n) is 3.40. The van der Waals surface area contributed by atoms with Crippen molar-refractivity contribution in [2.45, 2.75) is 0 Å². The van der Waals surface area contributed by atoms with Gasteiger partial charge in [0.15, 0.2) is 5.52 Å². The Kier molecular flexibility index (Phi) is 1.43. The van der Waals surface area contributed by atoms with Crippen molar-refractivity contribution >= 4 is 10.9 Å². The first kappa shape index (κ1) is 6.69. The topological polar surface area (TPSA) is 66.6 Å². The molecule has 0 saturated heterocycles. The van der Waals surface area contributed by atoms with E-state index in [1.165, 1.54) is 4.79 Å². The summed E-state index contributed by atoms with van der Waals surface area (Å²) in [4.78, 5) is 3.91. The van der Waals surface area contributed by atoms with Gasteiger partial charge in [-0.15, -0.1) is 5.53 Å². The highest BCUT2D eigenvalue weighted by molar-refractivity contribution is 5.78. The zero-order chi connectivity index (χ0) is 8.39. The summed E-state index contributed by atoms with van der Waals surface area (Å²) in [7, 11) is 0. The third-order valence-electron chi connectivity index (χ3n) is 1.58. The highest BCUT2D eigenvalue weighted by Gasteiger charge is 2.01. The smallest absolute Gasteiger partial charge is 0.167 e. The van der Waals surface area contributed by atoms with Crippen LogP contribution in [-0.4, -0.2) is 9.89 Å². The summed E-state index contributed by atoms with van der Waals surface area (Å²) in [6.45, 7) is 0. The lowest BCUT2D eigenvalue weighted by atomic mass is 10.3. The van der Waals surface area contributed by atoms with Gasteiger partial charge in [-0.25, -0.2) is 0 Å². The van der Waals surface area contributed by atoms with E-state index in [2.05, 4.69) is 15.2 Å². The number of benzene rings is 1. The van der Waals surface area contributed by atoms with Gasteiger partial charge in [0.2, 0.25) is 0 Å². The molecule has 0 atom stereocenters. The van der Waals surface area contributed by atoms with E-state index in [-0.39, 0.29) is 0 Å². The molecule has 2 aromatic rings. The number of fused-ring (bicyclic) bond motifs is 1. The lowest BCUT2D eigenvalue weighted by Gasteiger charge is -1.85. The predicted molar refractivity (Wildman–Crippen MR) is 44.3 cm³/mol. The fourth-order valence-corrected chi connectivity index (χ4v) is 1.07. The van der Waals surface area contributed by atoms with Crippen LogP contribution in [0.1, 0.15) is 0 Å². The molecule has 2 rings (SSSR count). The molecule has 0 saturated carbocycles. The third-order valence-corrected chi connectivity index (χ3v) is 1.58. The van der Waals surface area contributed by atoms with Gasteiger partial charge in [-0.3, -0.25) is 0 Å². The maximum absolute atomic E-state index is 8.20. The molecule has 5 nitrogen and oxygen atoms in total. The Bertz CT molecular complexity index is 452. The second-order valence-electron chi connectivity index (χ2n) is 2.27. The summed E-state index contributed by atoms with van der Waals surface area (Å²) in [5.74, 6) is 0. The number of para-hydroxylation sites is 1. The van der Waals surface area contributed by atoms with Crippen LogP contribution in [0.2, 0.25) is 0 Å². The minimum absolute atomic E-state index is 0.815. The van der Waals surface area contributed by atoms with Crippen LogP contribution in [0.15, 0.2) is 35.7 Å². The van der Waals surface area contributed by atoms with Crippen molar-refractivity contribution in [2.24, 2.45) is 5.22 Å². The molecule has 1 aromatic carbocycles. The number of nitrogens with zero attached hydrogens (tertiary/aromatic N) is 5. The van der Waals surface area contributed by atoms with Crippen LogP contribution in [0.5, 0.6) is 0 Å². The monoisotopic (exact) mass is 159 g/mol. The van der Waals surface area contributed by atoms with Crippen molar-refractivity contribution in [1.29, 1.82) is 0 Å². The van der Waals surface area contributed by atoms with Crippen LogP contribution in [0.3, 0.4) is 0 Å². The average Bonchev–Trinajstić information content (AvgIpc) is 2.50. The molecule has 0 aliphatic rings. The number of rotatable bonds is 1. The zero-order valence-electron chi connectivity index (χ0n) is 6.12. The molecule has 5 heteroatoms. The average molecular weight is 159 g/mol. The van der Waals surface area contributed by atoms with E-state index in [1.807, 2.05) is 24.3 Å². The standard InChI is InChI=1S/C7H5N5/c8-10-11-12-7-4-2-1-3-6(7)5-9-12/h1-5H. The summed E-state index contributed by atoms with van der Waals surface area (Å²) in [6, 6.07) is 7.53. The highest BCUT2D eigenvalue weighted by atomic mass is 15.6. The Morgan fingerprint density at radius 3 is 3.08 bits per heavy atom. The molecule has 0 aliphatic heterocycles. The first-order valence-corrected chi connectivity index (χ1v) is 3.40. The van der Waals surface area contributed by atoms with Gasteiger partial charge in [0.05, 0.1) is 6.20 Å². The van der Waals surface area contributed by atoms with Crippen molar-refractivity contribution < 1.29 is 0 Å². The van der Waals surface area contributed by atoms with Crippen LogP contribution in [-0.2, 0) is 0 Å². The van der Waals surface area contributed by atoms with E-state index >= 15 is 0 Å². The minimum atomic E-state index is 0.815. The van der Waals surface area contributed by atoms with E-state index in [0.29, 0.717) is 0 Å². The van der Waals surface area contributed by atoms with Crippen molar-refractivity contribution in [1.82, 2.24) is 9.89 Å². The largest absolute Gasteiger partial charge is 0.169 e. The molecule has 0 unspecified atom stereocenters. The van der Waals surface area contributed by atoms with Crippen molar-refractivity contribution in [3.05, 3.63) is 40.9 Å². The van der Waals surface area contributed by atoms with Crippen LogP contribution in [0.25, 0.3) is 21.3 Å². The molecule has 0 spiro atoms. The molecule has 0 radical (unpaired) electrons. The second-order valence-corrected chi connectivity index (χ2v) is 2.27. The van der Waals surface area contributed by atoms with E-state index in [0.717, 1.165) is 10.9 Å². The Morgan fingerprint density at radius 2 is 2.25 bits per heavy atom. The Morgan fingerprint density at radius 1 is 1.42 bits per heavy atom. The molecule has 58 valence electrons. The molecular formula is C7H5N5. The molecule has 1 aromatic heterocycles. The van der Waals surface area contributed by atoms with Gasteiger partial charge in [-0.2, -0.15) is 4.91 Å². The van der Waals surface area contributed by atoms with Gasteiger partial charge in [0.25, 0.3) is 0 Å². The van der Waals surface area contributed by atoms with Crippen LogP contribution < -0.4 is 0 Å². The van der Waals surface area contributed by atoms with E-state index < -0.39 is 0 Å². The molecule has 12 heavy (non-hydrogen) atoms. The second kappa shape index (κ2) is 2.56. The molecular weight excluding hydrogens is 154 g/mol. The normalized spacial score (nSPS) is 9.67. The van der Waals surface area contributed by atoms with Crippen molar-refractivity contribution in [3.8, 4) is 0 Å². The summed E-state index contributed by atoms with van der Waals surface area (Å²) in [5, 5.41) is 8.23. The molecule has 0 fully saturated rings. The summed E-state index contributed by atoms with van der Waals surface area (Å²) < 4.78 is 0. The quantitative estimate of drug-likeness (QED) is 0.357. The SMILES string of the molecule is [N-]=[N+]=Nn1ncc2ccccc21. The molecule has 1 heterocycles. The van der Waals surface area contributed by atoms with Gasteiger partial charge in [-0.1, -0.05) is 22.0 Å². The minimum Gasteiger partial charge on any atom is -0.167 e. The Balaban J connectivity index is 2.78. The van der Waals surface area contributed by atoms with Gasteiger partial charge in [0, 0.05) is 10.6 Å². The molecule has 0 aliphatic carbocycles. The van der Waals surface area contributed by atoms with E-state index in [9.17, 15) is 0 Å². The lowest BCUT2D eigenvalue weighted by molar-refractivity contribution is 0.757. The lowest BCUT2D eigenvalue weighted by Crippen LogP contribution is -1.86.